The van der Waals surface area contributed by atoms with Crippen LogP contribution in [0.4, 0.5) is 5.69 Å². The van der Waals surface area contributed by atoms with Crippen LogP contribution >= 0.6 is 34.7 Å². The van der Waals surface area contributed by atoms with Crippen molar-refractivity contribution >= 4 is 58.2 Å². The highest BCUT2D eigenvalue weighted by molar-refractivity contribution is 8.00. The van der Waals surface area contributed by atoms with Crippen LogP contribution in [0.1, 0.15) is 40.1 Å². The highest BCUT2D eigenvalue weighted by atomic mass is 35.5. The quantitative estimate of drug-likeness (QED) is 0.355. The molecule has 3 heterocycles. The number of anilines is 1. The summed E-state index contributed by atoms with van der Waals surface area (Å²) in [5.74, 6) is -1.34. The second-order valence-electron chi connectivity index (χ2n) is 10.3. The smallest absolute Gasteiger partial charge is 0.338 e. The molecule has 38 heavy (non-hydrogen) atoms. The van der Waals surface area contributed by atoms with Crippen molar-refractivity contribution in [2.75, 3.05) is 11.5 Å². The van der Waals surface area contributed by atoms with Crippen LogP contribution in [0.25, 0.3) is 0 Å². The van der Waals surface area contributed by atoms with Crippen molar-refractivity contribution < 1.29 is 19.1 Å². The first-order valence-corrected chi connectivity index (χ1v) is 14.7. The van der Waals surface area contributed by atoms with E-state index in [4.69, 9.17) is 16.3 Å². The lowest BCUT2D eigenvalue weighted by Gasteiger charge is -2.43. The Labute approximate surface area is 231 Å². The molecule has 4 aliphatic rings. The molecule has 3 fully saturated rings. The molecule has 1 N–H and O–H groups in total. The van der Waals surface area contributed by atoms with Crippen LogP contribution in [-0.4, -0.2) is 34.6 Å². The van der Waals surface area contributed by atoms with Gasteiger partial charge in [-0.1, -0.05) is 35.1 Å². The van der Waals surface area contributed by atoms with Crippen LogP contribution in [0.2, 0.25) is 5.02 Å². The zero-order chi connectivity index (χ0) is 26.3. The third-order valence-electron chi connectivity index (χ3n) is 8.59. The highest BCUT2D eigenvalue weighted by Crippen LogP contribution is 2.68. The number of nitrogens with one attached hydrogen (secondary N) is 1. The van der Waals surface area contributed by atoms with E-state index in [1.165, 1.54) is 16.2 Å². The largest absolute Gasteiger partial charge is 0.462 e. The number of hydrogen-bond acceptors (Lipinski definition) is 7. The number of thiazole rings is 1. The van der Waals surface area contributed by atoms with Gasteiger partial charge in [-0.15, -0.1) is 11.8 Å². The number of nitrogens with zero attached hydrogens (tertiary/aromatic N) is 1. The van der Waals surface area contributed by atoms with Gasteiger partial charge in [-0.05, 0) is 73.1 Å². The first-order chi connectivity index (χ1) is 18.4. The van der Waals surface area contributed by atoms with Gasteiger partial charge in [0.15, 0.2) is 0 Å². The molecule has 1 saturated heterocycles. The molecule has 10 heteroatoms. The number of esters is 1. The lowest BCUT2D eigenvalue weighted by molar-refractivity contribution is -0.123. The number of fused-ring (bicyclic) bond motifs is 9. The number of rotatable bonds is 4. The lowest BCUT2D eigenvalue weighted by atomic mass is 9.68. The fraction of sp³-hybridized carbons (Fsp3) is 0.357. The number of aromatic nitrogens is 1. The Bertz CT molecular complexity index is 1530. The predicted molar refractivity (Wildman–Crippen MR) is 145 cm³/mol. The molecular formula is C28H23ClN2O5S2. The van der Waals surface area contributed by atoms with Crippen molar-refractivity contribution in [2.45, 2.75) is 29.5 Å². The van der Waals surface area contributed by atoms with E-state index in [1.54, 1.807) is 43.0 Å². The van der Waals surface area contributed by atoms with Gasteiger partial charge in [-0.2, -0.15) is 0 Å². The molecule has 2 bridgehead atoms. The number of carbonyl (C=O) groups is 3. The number of H-pyrrole nitrogens is 1. The third kappa shape index (κ3) is 3.41. The SMILES string of the molecule is CCOC(=O)c1ccc(N2C(=O)[C@@H]3[C@H]4C[C@@H]([C@@H]5Sc6[nH]c(=O)sc6[C@H](c6ccc(Cl)cc6)[C@H]45)[C@H]3C2=O)cc1. The summed E-state index contributed by atoms with van der Waals surface area (Å²) in [5, 5.41) is 1.66. The minimum Gasteiger partial charge on any atom is -0.462 e. The van der Waals surface area contributed by atoms with E-state index in [0.29, 0.717) is 16.3 Å². The molecule has 2 aliphatic heterocycles. The molecule has 7 rings (SSSR count). The standard InChI is InChI=1S/C28H23ClN2O5S2/c1-2-36-27(34)13-5-9-15(10-6-13)31-25(32)20-16-11-17(21(20)26(31)33)22-19(16)18(12-3-7-14(29)8-4-12)23-24(37-22)30-28(35)38-23/h3-10,16-22H,2,11H2,1H3,(H,30,35)/t16-,17+,18+,19-,20+,21+,22-/m0/s1. The van der Waals surface area contributed by atoms with Gasteiger partial charge in [0.05, 0.1) is 34.7 Å². The fourth-order valence-corrected chi connectivity index (χ4v) is 10.3. The van der Waals surface area contributed by atoms with Gasteiger partial charge in [0.1, 0.15) is 0 Å². The Balaban J connectivity index is 1.25. The first-order valence-electron chi connectivity index (χ1n) is 12.7. The number of thioether (sulfide) groups is 1. The van der Waals surface area contributed by atoms with E-state index in [-0.39, 0.29) is 64.1 Å². The lowest BCUT2D eigenvalue weighted by Crippen LogP contribution is -2.42. The average molecular weight is 567 g/mol. The molecular weight excluding hydrogens is 544 g/mol. The van der Waals surface area contributed by atoms with Crippen LogP contribution in [-0.2, 0) is 14.3 Å². The van der Waals surface area contributed by atoms with E-state index in [2.05, 4.69) is 4.98 Å². The number of hydrogen-bond donors (Lipinski definition) is 1. The molecule has 0 unspecified atom stereocenters. The molecule has 0 radical (unpaired) electrons. The van der Waals surface area contributed by atoms with Gasteiger partial charge < -0.3 is 9.72 Å². The maximum absolute atomic E-state index is 13.9. The number of carbonyl (C=O) groups excluding carboxylic acids is 3. The molecule has 2 saturated carbocycles. The summed E-state index contributed by atoms with van der Waals surface area (Å²) in [6.07, 6.45) is 0.827. The Kier molecular flexibility index (Phi) is 5.62. The summed E-state index contributed by atoms with van der Waals surface area (Å²) in [4.78, 5) is 57.3. The maximum Gasteiger partial charge on any atom is 0.338 e. The Morgan fingerprint density at radius 2 is 1.71 bits per heavy atom. The molecule has 194 valence electrons. The summed E-state index contributed by atoms with van der Waals surface area (Å²) in [6, 6.07) is 14.2. The number of halogens is 1. The van der Waals surface area contributed by atoms with Crippen LogP contribution in [0.5, 0.6) is 0 Å². The summed E-state index contributed by atoms with van der Waals surface area (Å²) in [7, 11) is 0. The van der Waals surface area contributed by atoms with Crippen LogP contribution in [0.3, 0.4) is 0 Å². The Morgan fingerprint density at radius 1 is 1.03 bits per heavy atom. The normalized spacial score (nSPS) is 30.8. The number of amides is 2. The van der Waals surface area contributed by atoms with Gasteiger partial charge in [0, 0.05) is 21.1 Å². The predicted octanol–water partition coefficient (Wildman–Crippen LogP) is 4.94. The van der Waals surface area contributed by atoms with Gasteiger partial charge >= 0.3 is 10.8 Å². The minimum absolute atomic E-state index is 0.0331. The fourth-order valence-electron chi connectivity index (χ4n) is 7.28. The van der Waals surface area contributed by atoms with Gasteiger partial charge in [-0.25, -0.2) is 4.79 Å². The number of ether oxygens (including phenoxy) is 1. The van der Waals surface area contributed by atoms with Crippen molar-refractivity contribution in [1.82, 2.24) is 4.98 Å². The van der Waals surface area contributed by atoms with Crippen molar-refractivity contribution in [3.63, 3.8) is 0 Å². The summed E-state index contributed by atoms with van der Waals surface area (Å²) in [6.45, 7) is 2.01. The molecule has 2 aliphatic carbocycles. The van der Waals surface area contributed by atoms with Crippen molar-refractivity contribution in [1.29, 1.82) is 0 Å². The first kappa shape index (κ1) is 24.2. The molecule has 3 aromatic rings. The second-order valence-corrected chi connectivity index (χ2v) is 12.9. The van der Waals surface area contributed by atoms with E-state index >= 15 is 0 Å². The van der Waals surface area contributed by atoms with Crippen molar-refractivity contribution in [3.05, 3.63) is 79.2 Å². The molecule has 2 aromatic carbocycles. The number of aromatic amines is 1. The second kappa shape index (κ2) is 8.83. The highest BCUT2D eigenvalue weighted by Gasteiger charge is 2.69. The maximum atomic E-state index is 13.9. The van der Waals surface area contributed by atoms with E-state index < -0.39 is 5.97 Å². The summed E-state index contributed by atoms with van der Waals surface area (Å²) in [5.41, 5.74) is 1.94. The van der Waals surface area contributed by atoms with Gasteiger partial charge in [0.2, 0.25) is 11.8 Å². The number of benzene rings is 2. The molecule has 1 aromatic heterocycles. The molecule has 7 nitrogen and oxygen atoms in total. The van der Waals surface area contributed by atoms with Crippen LogP contribution in [0, 0.1) is 29.6 Å². The molecule has 0 spiro atoms. The summed E-state index contributed by atoms with van der Waals surface area (Å²) < 4.78 is 5.05. The monoisotopic (exact) mass is 566 g/mol. The molecule has 2 amide bonds. The minimum atomic E-state index is -0.437. The van der Waals surface area contributed by atoms with E-state index in [9.17, 15) is 19.2 Å². The van der Waals surface area contributed by atoms with Crippen LogP contribution < -0.4 is 9.77 Å². The number of imide groups is 1. The van der Waals surface area contributed by atoms with Crippen LogP contribution in [0.15, 0.2) is 58.4 Å². The van der Waals surface area contributed by atoms with E-state index in [1.807, 2.05) is 24.3 Å². The molecule has 7 atom stereocenters. The van der Waals surface area contributed by atoms with Gasteiger partial charge in [-0.3, -0.25) is 19.3 Å². The van der Waals surface area contributed by atoms with Gasteiger partial charge in [0.25, 0.3) is 0 Å². The van der Waals surface area contributed by atoms with Crippen molar-refractivity contribution in [2.24, 2.45) is 29.6 Å². The Morgan fingerprint density at radius 3 is 2.39 bits per heavy atom. The average Bonchev–Trinajstić information content (AvgIpc) is 3.64. The third-order valence-corrected chi connectivity index (χ3v) is 11.4. The zero-order valence-corrected chi connectivity index (χ0v) is 22.6. The zero-order valence-electron chi connectivity index (χ0n) is 20.3. The topological polar surface area (TPSA) is 96.5 Å². The Hall–Kier alpha value is -2.88. The summed E-state index contributed by atoms with van der Waals surface area (Å²) >= 11 is 9.09. The van der Waals surface area contributed by atoms with Crippen molar-refractivity contribution in [3.8, 4) is 0 Å². The van der Waals surface area contributed by atoms with E-state index in [0.717, 1.165) is 21.9 Å².